The summed E-state index contributed by atoms with van der Waals surface area (Å²) in [7, 11) is 1.62. The largest absolute Gasteiger partial charge is 0.497 e. The molecule has 0 N–H and O–H groups in total. The van der Waals surface area contributed by atoms with Crippen LogP contribution in [0.25, 0.3) is 11.5 Å². The van der Waals surface area contributed by atoms with Crippen molar-refractivity contribution < 1.29 is 13.9 Å². The van der Waals surface area contributed by atoms with Crippen LogP contribution in [0.2, 0.25) is 0 Å². The molecule has 1 aliphatic rings. The molecule has 1 amide bonds. The number of aromatic nitrogens is 2. The summed E-state index contributed by atoms with van der Waals surface area (Å²) < 4.78 is 10.8. The fraction of sp³-hybridized carbons (Fsp3) is 0.471. The zero-order valence-electron chi connectivity index (χ0n) is 14.1. The average molecular weight is 347 g/mol. The van der Waals surface area contributed by atoms with Gasteiger partial charge in [0.1, 0.15) is 5.75 Å². The van der Waals surface area contributed by atoms with E-state index in [1.807, 2.05) is 29.2 Å². The van der Waals surface area contributed by atoms with E-state index < -0.39 is 0 Å². The Hall–Kier alpha value is -2.02. The molecule has 0 bridgehead atoms. The molecule has 0 radical (unpaired) electrons. The highest BCUT2D eigenvalue weighted by molar-refractivity contribution is 7.99. The topological polar surface area (TPSA) is 68.5 Å². The van der Waals surface area contributed by atoms with Gasteiger partial charge in [0.25, 0.3) is 5.22 Å². The van der Waals surface area contributed by atoms with Gasteiger partial charge < -0.3 is 14.1 Å². The van der Waals surface area contributed by atoms with E-state index in [-0.39, 0.29) is 11.9 Å². The predicted octanol–water partition coefficient (Wildman–Crippen LogP) is 3.24. The molecule has 0 atom stereocenters. The van der Waals surface area contributed by atoms with Crippen molar-refractivity contribution >= 4 is 17.7 Å². The summed E-state index contributed by atoms with van der Waals surface area (Å²) in [4.78, 5) is 14.4. The number of ether oxygens (including phenoxy) is 1. The van der Waals surface area contributed by atoms with Crippen molar-refractivity contribution in [2.75, 3.05) is 12.9 Å². The van der Waals surface area contributed by atoms with E-state index in [9.17, 15) is 4.79 Å². The van der Waals surface area contributed by atoms with E-state index in [2.05, 4.69) is 24.0 Å². The standard InChI is InChI=1S/C17H21N3O3S/c1-11(2)20(13-6-7-13)15(21)10-24-17-19-18-16(23-17)12-4-8-14(22-3)9-5-12/h4-5,8-9,11,13H,6-7,10H2,1-3H3. The fourth-order valence-corrected chi connectivity index (χ4v) is 3.21. The molecule has 7 heteroatoms. The third kappa shape index (κ3) is 3.90. The number of benzene rings is 1. The molecule has 1 fully saturated rings. The minimum atomic E-state index is 0.127. The summed E-state index contributed by atoms with van der Waals surface area (Å²) in [6.07, 6.45) is 2.22. The fourth-order valence-electron chi connectivity index (χ4n) is 2.58. The smallest absolute Gasteiger partial charge is 0.277 e. The lowest BCUT2D eigenvalue weighted by molar-refractivity contribution is -0.130. The van der Waals surface area contributed by atoms with Crippen molar-refractivity contribution in [3.8, 4) is 17.2 Å². The number of nitrogens with zero attached hydrogens (tertiary/aromatic N) is 3. The molecule has 0 unspecified atom stereocenters. The lowest BCUT2D eigenvalue weighted by Crippen LogP contribution is -2.39. The second kappa shape index (κ2) is 7.25. The summed E-state index contributed by atoms with van der Waals surface area (Å²) in [5.74, 6) is 1.66. The maximum Gasteiger partial charge on any atom is 0.277 e. The summed E-state index contributed by atoms with van der Waals surface area (Å²) in [6, 6.07) is 8.04. The number of methoxy groups -OCH3 is 1. The first kappa shape index (κ1) is 16.8. The Bertz CT molecular complexity index is 693. The van der Waals surface area contributed by atoms with E-state index in [4.69, 9.17) is 9.15 Å². The van der Waals surface area contributed by atoms with Gasteiger partial charge in [-0.15, -0.1) is 10.2 Å². The van der Waals surface area contributed by atoms with Crippen LogP contribution in [0.3, 0.4) is 0 Å². The summed E-state index contributed by atoms with van der Waals surface area (Å²) >= 11 is 1.29. The van der Waals surface area contributed by atoms with Crippen molar-refractivity contribution in [2.45, 2.75) is 44.0 Å². The molecular formula is C17H21N3O3S. The van der Waals surface area contributed by atoms with Crippen LogP contribution in [-0.2, 0) is 4.79 Å². The number of hydrogen-bond donors (Lipinski definition) is 0. The van der Waals surface area contributed by atoms with Crippen LogP contribution in [0.4, 0.5) is 0 Å². The quantitative estimate of drug-likeness (QED) is 0.716. The van der Waals surface area contributed by atoms with E-state index in [0.717, 1.165) is 24.2 Å². The molecule has 1 aromatic carbocycles. The summed E-state index contributed by atoms with van der Waals surface area (Å²) in [5, 5.41) is 8.47. The van der Waals surface area contributed by atoms with Gasteiger partial charge in [-0.3, -0.25) is 4.79 Å². The number of carbonyl (C=O) groups excluding carboxylic acids is 1. The second-order valence-corrected chi connectivity index (χ2v) is 6.94. The van der Waals surface area contributed by atoms with E-state index in [1.165, 1.54) is 11.8 Å². The zero-order chi connectivity index (χ0) is 17.1. The molecule has 1 saturated carbocycles. The Kier molecular flexibility index (Phi) is 5.08. The number of hydrogen-bond acceptors (Lipinski definition) is 6. The van der Waals surface area contributed by atoms with Gasteiger partial charge in [-0.1, -0.05) is 11.8 Å². The zero-order valence-corrected chi connectivity index (χ0v) is 14.9. The van der Waals surface area contributed by atoms with Gasteiger partial charge in [0.15, 0.2) is 0 Å². The van der Waals surface area contributed by atoms with Crippen LogP contribution in [0, 0.1) is 0 Å². The van der Waals surface area contributed by atoms with Crippen LogP contribution < -0.4 is 4.74 Å². The second-order valence-electron chi connectivity index (χ2n) is 6.02. The predicted molar refractivity (Wildman–Crippen MR) is 92.0 cm³/mol. The highest BCUT2D eigenvalue weighted by Crippen LogP contribution is 2.30. The van der Waals surface area contributed by atoms with Crippen LogP contribution in [-0.4, -0.2) is 46.0 Å². The highest BCUT2D eigenvalue weighted by Gasteiger charge is 2.34. The van der Waals surface area contributed by atoms with Crippen molar-refractivity contribution in [1.82, 2.24) is 15.1 Å². The van der Waals surface area contributed by atoms with Gasteiger partial charge in [0.2, 0.25) is 11.8 Å². The number of amides is 1. The summed E-state index contributed by atoms with van der Waals surface area (Å²) in [6.45, 7) is 4.10. The first-order valence-electron chi connectivity index (χ1n) is 8.00. The van der Waals surface area contributed by atoms with Crippen LogP contribution in [0.15, 0.2) is 33.9 Å². The van der Waals surface area contributed by atoms with E-state index in [0.29, 0.717) is 22.9 Å². The monoisotopic (exact) mass is 347 g/mol. The van der Waals surface area contributed by atoms with Gasteiger partial charge in [0, 0.05) is 17.6 Å². The average Bonchev–Trinajstić information content (AvgIpc) is 3.29. The van der Waals surface area contributed by atoms with Crippen molar-refractivity contribution in [1.29, 1.82) is 0 Å². The molecule has 128 valence electrons. The molecule has 6 nitrogen and oxygen atoms in total. The van der Waals surface area contributed by atoms with Gasteiger partial charge in [-0.25, -0.2) is 0 Å². The molecule has 0 saturated heterocycles. The number of carbonyl (C=O) groups is 1. The van der Waals surface area contributed by atoms with Gasteiger partial charge in [-0.2, -0.15) is 0 Å². The molecule has 2 aromatic rings. The number of rotatable bonds is 7. The maximum absolute atomic E-state index is 12.4. The lowest BCUT2D eigenvalue weighted by Gasteiger charge is -2.26. The first-order valence-corrected chi connectivity index (χ1v) is 8.99. The molecule has 0 spiro atoms. The lowest BCUT2D eigenvalue weighted by atomic mass is 10.2. The van der Waals surface area contributed by atoms with E-state index >= 15 is 0 Å². The normalized spacial score (nSPS) is 14.0. The van der Waals surface area contributed by atoms with E-state index in [1.54, 1.807) is 7.11 Å². The Morgan fingerprint density at radius 3 is 2.62 bits per heavy atom. The minimum Gasteiger partial charge on any atom is -0.497 e. The Balaban J connectivity index is 1.60. The Morgan fingerprint density at radius 2 is 2.04 bits per heavy atom. The minimum absolute atomic E-state index is 0.127. The number of thioether (sulfide) groups is 1. The van der Waals surface area contributed by atoms with Crippen LogP contribution in [0.5, 0.6) is 5.75 Å². The van der Waals surface area contributed by atoms with Crippen LogP contribution in [0.1, 0.15) is 26.7 Å². The highest BCUT2D eigenvalue weighted by atomic mass is 32.2. The molecule has 24 heavy (non-hydrogen) atoms. The molecule has 1 aliphatic carbocycles. The van der Waals surface area contributed by atoms with Crippen molar-refractivity contribution in [3.05, 3.63) is 24.3 Å². The van der Waals surface area contributed by atoms with Gasteiger partial charge in [0.05, 0.1) is 12.9 Å². The Morgan fingerprint density at radius 1 is 1.33 bits per heavy atom. The SMILES string of the molecule is COc1ccc(-c2nnc(SCC(=O)N(C(C)C)C3CC3)o2)cc1. The molecule has 0 aliphatic heterocycles. The van der Waals surface area contributed by atoms with Crippen molar-refractivity contribution in [2.24, 2.45) is 0 Å². The maximum atomic E-state index is 12.4. The molecule has 1 heterocycles. The van der Waals surface area contributed by atoms with Crippen molar-refractivity contribution in [3.63, 3.8) is 0 Å². The van der Waals surface area contributed by atoms with Gasteiger partial charge >= 0.3 is 0 Å². The molecule has 3 rings (SSSR count). The summed E-state index contributed by atoms with van der Waals surface area (Å²) in [5.41, 5.74) is 0.822. The third-order valence-corrected chi connectivity index (χ3v) is 4.65. The third-order valence-electron chi connectivity index (χ3n) is 3.85. The van der Waals surface area contributed by atoms with Gasteiger partial charge in [-0.05, 0) is 51.0 Å². The van der Waals surface area contributed by atoms with Crippen LogP contribution >= 0.6 is 11.8 Å². The Labute approximate surface area is 145 Å². The first-order chi connectivity index (χ1) is 11.6. The molecular weight excluding hydrogens is 326 g/mol. The molecule has 1 aromatic heterocycles.